The van der Waals surface area contributed by atoms with Gasteiger partial charge in [-0.1, -0.05) is 11.6 Å². The van der Waals surface area contributed by atoms with Crippen molar-refractivity contribution in [1.29, 1.82) is 0 Å². The molecule has 5 nitrogen and oxygen atoms in total. The smallest absolute Gasteiger partial charge is 0.147 e. The maximum absolute atomic E-state index is 5.93. The molecule has 6 heteroatoms. The minimum atomic E-state index is 0.0799. The first-order valence-electron chi connectivity index (χ1n) is 7.54. The molecule has 2 aromatic rings. The molecule has 0 spiro atoms. The van der Waals surface area contributed by atoms with Gasteiger partial charge in [-0.3, -0.25) is 15.0 Å². The van der Waals surface area contributed by atoms with Gasteiger partial charge in [0.2, 0.25) is 0 Å². The number of rotatable bonds is 3. The predicted octanol–water partition coefficient (Wildman–Crippen LogP) is 3.25. The monoisotopic (exact) mass is 315 g/mol. The van der Waals surface area contributed by atoms with E-state index in [0.29, 0.717) is 17.7 Å². The van der Waals surface area contributed by atoms with E-state index < -0.39 is 0 Å². The third kappa shape index (κ3) is 2.96. The standard InChI is InChI=1S/C16H16ClN4O/c17-16-7-19-6-15(21-16)12-3-11(8-22-9-12)14-5-18-4-13(20-14)10-1-2-10/h4-7,9-12H,1-3,8H2. The molecule has 113 valence electrons. The Labute approximate surface area is 134 Å². The molecule has 1 saturated heterocycles. The Hall–Kier alpha value is -1.59. The summed E-state index contributed by atoms with van der Waals surface area (Å²) in [6.07, 6.45) is 10.4. The van der Waals surface area contributed by atoms with Gasteiger partial charge >= 0.3 is 0 Å². The highest BCUT2D eigenvalue weighted by molar-refractivity contribution is 6.29. The van der Waals surface area contributed by atoms with Gasteiger partial charge in [0.25, 0.3) is 0 Å². The largest absolute Gasteiger partial charge is 0.374 e. The maximum Gasteiger partial charge on any atom is 0.147 e. The van der Waals surface area contributed by atoms with Crippen LogP contribution in [0, 0.1) is 6.61 Å². The lowest BCUT2D eigenvalue weighted by Crippen LogP contribution is -2.21. The van der Waals surface area contributed by atoms with E-state index >= 15 is 0 Å². The minimum absolute atomic E-state index is 0.0799. The van der Waals surface area contributed by atoms with Crippen LogP contribution in [0.1, 0.15) is 54.1 Å². The summed E-state index contributed by atoms with van der Waals surface area (Å²) in [5, 5.41) is 0.406. The van der Waals surface area contributed by atoms with E-state index in [9.17, 15) is 0 Å². The van der Waals surface area contributed by atoms with Crippen LogP contribution < -0.4 is 0 Å². The molecule has 1 saturated carbocycles. The average molecular weight is 316 g/mol. The van der Waals surface area contributed by atoms with Gasteiger partial charge in [0, 0.05) is 36.3 Å². The fourth-order valence-electron chi connectivity index (χ4n) is 2.82. The molecule has 0 N–H and O–H groups in total. The highest BCUT2D eigenvalue weighted by Crippen LogP contribution is 2.40. The molecule has 2 fully saturated rings. The zero-order chi connectivity index (χ0) is 14.9. The zero-order valence-electron chi connectivity index (χ0n) is 12.0. The van der Waals surface area contributed by atoms with Crippen molar-refractivity contribution in [1.82, 2.24) is 19.9 Å². The first-order valence-corrected chi connectivity index (χ1v) is 7.91. The summed E-state index contributed by atoms with van der Waals surface area (Å²) < 4.78 is 5.66. The molecule has 1 radical (unpaired) electrons. The van der Waals surface area contributed by atoms with Gasteiger partial charge in [-0.25, -0.2) is 4.98 Å². The molecule has 22 heavy (non-hydrogen) atoms. The molecule has 1 aliphatic heterocycles. The number of nitrogens with zero attached hydrogens (tertiary/aromatic N) is 4. The van der Waals surface area contributed by atoms with Crippen molar-refractivity contribution in [2.75, 3.05) is 6.61 Å². The fraction of sp³-hybridized carbons (Fsp3) is 0.438. The van der Waals surface area contributed by atoms with Gasteiger partial charge in [0.15, 0.2) is 0 Å². The summed E-state index contributed by atoms with van der Waals surface area (Å²) in [6, 6.07) is 0. The fourth-order valence-corrected chi connectivity index (χ4v) is 2.97. The van der Waals surface area contributed by atoms with Gasteiger partial charge in [-0.05, 0) is 19.3 Å². The zero-order valence-corrected chi connectivity index (χ0v) is 12.8. The Bertz CT molecular complexity index is 677. The Morgan fingerprint density at radius 1 is 0.909 bits per heavy atom. The second-order valence-electron chi connectivity index (χ2n) is 5.92. The second-order valence-corrected chi connectivity index (χ2v) is 6.31. The van der Waals surface area contributed by atoms with Crippen LogP contribution in [0.25, 0.3) is 0 Å². The molecule has 2 atom stereocenters. The van der Waals surface area contributed by atoms with Crippen LogP contribution in [-0.4, -0.2) is 26.5 Å². The van der Waals surface area contributed by atoms with E-state index in [2.05, 4.69) is 15.0 Å². The maximum atomic E-state index is 5.93. The highest BCUT2D eigenvalue weighted by atomic mass is 35.5. The van der Waals surface area contributed by atoms with Crippen LogP contribution in [-0.2, 0) is 4.74 Å². The summed E-state index contributed by atoms with van der Waals surface area (Å²) >= 11 is 5.93. The van der Waals surface area contributed by atoms with Crippen LogP contribution >= 0.6 is 11.6 Å². The number of halogens is 1. The van der Waals surface area contributed by atoms with Crippen LogP contribution in [0.15, 0.2) is 24.8 Å². The first-order chi connectivity index (χ1) is 10.8. The molecule has 2 aliphatic rings. The Morgan fingerprint density at radius 3 is 2.41 bits per heavy atom. The number of hydrogen-bond acceptors (Lipinski definition) is 5. The van der Waals surface area contributed by atoms with Gasteiger partial charge in [0.05, 0.1) is 36.5 Å². The van der Waals surface area contributed by atoms with Crippen molar-refractivity contribution in [2.24, 2.45) is 0 Å². The molecule has 4 rings (SSSR count). The van der Waals surface area contributed by atoms with E-state index in [4.69, 9.17) is 21.3 Å². The molecule has 3 heterocycles. The summed E-state index contributed by atoms with van der Waals surface area (Å²) in [4.78, 5) is 17.6. The number of ether oxygens (including phenoxy) is 1. The SMILES string of the molecule is Clc1cncc(C2[CH]OCC(c3cncc(C4CC4)n3)C2)n1. The van der Waals surface area contributed by atoms with Crippen molar-refractivity contribution in [3.05, 3.63) is 53.6 Å². The first kappa shape index (κ1) is 14.0. The number of aromatic nitrogens is 4. The van der Waals surface area contributed by atoms with E-state index in [1.807, 2.05) is 19.0 Å². The Kier molecular flexibility index (Phi) is 3.76. The van der Waals surface area contributed by atoms with Crippen LogP contribution in [0.5, 0.6) is 0 Å². The predicted molar refractivity (Wildman–Crippen MR) is 81.4 cm³/mol. The molecule has 0 amide bonds. The summed E-state index contributed by atoms with van der Waals surface area (Å²) in [5.74, 6) is 0.913. The Morgan fingerprint density at radius 2 is 1.64 bits per heavy atom. The van der Waals surface area contributed by atoms with Gasteiger partial charge in [-0.2, -0.15) is 0 Å². The van der Waals surface area contributed by atoms with E-state index in [1.165, 1.54) is 19.0 Å². The number of hydrogen-bond donors (Lipinski definition) is 0. The van der Waals surface area contributed by atoms with Gasteiger partial charge in [0.1, 0.15) is 5.15 Å². The van der Waals surface area contributed by atoms with Crippen molar-refractivity contribution in [2.45, 2.75) is 37.0 Å². The second kappa shape index (κ2) is 5.89. The molecule has 0 aromatic carbocycles. The lowest BCUT2D eigenvalue weighted by atomic mass is 9.89. The van der Waals surface area contributed by atoms with E-state index in [1.54, 1.807) is 6.20 Å². The molecule has 1 aliphatic carbocycles. The summed E-state index contributed by atoms with van der Waals surface area (Å²) in [7, 11) is 0. The van der Waals surface area contributed by atoms with E-state index in [0.717, 1.165) is 23.5 Å². The summed E-state index contributed by atoms with van der Waals surface area (Å²) in [5.41, 5.74) is 2.96. The van der Waals surface area contributed by atoms with E-state index in [-0.39, 0.29) is 11.8 Å². The third-order valence-electron chi connectivity index (χ3n) is 4.19. The van der Waals surface area contributed by atoms with Crippen molar-refractivity contribution >= 4 is 11.6 Å². The van der Waals surface area contributed by atoms with Crippen molar-refractivity contribution in [3.8, 4) is 0 Å². The highest BCUT2D eigenvalue weighted by Gasteiger charge is 2.30. The van der Waals surface area contributed by atoms with Crippen LogP contribution in [0.3, 0.4) is 0 Å². The molecule has 2 aromatic heterocycles. The third-order valence-corrected chi connectivity index (χ3v) is 4.37. The topological polar surface area (TPSA) is 60.8 Å². The van der Waals surface area contributed by atoms with Crippen molar-refractivity contribution < 1.29 is 4.74 Å². The van der Waals surface area contributed by atoms with Crippen LogP contribution in [0.2, 0.25) is 5.15 Å². The van der Waals surface area contributed by atoms with Gasteiger partial charge < -0.3 is 4.74 Å². The normalized spacial score (nSPS) is 25.1. The lowest BCUT2D eigenvalue weighted by molar-refractivity contribution is 0.118. The summed E-state index contributed by atoms with van der Waals surface area (Å²) in [6.45, 7) is 2.46. The quantitative estimate of drug-likeness (QED) is 0.870. The van der Waals surface area contributed by atoms with Crippen molar-refractivity contribution in [3.63, 3.8) is 0 Å². The van der Waals surface area contributed by atoms with Crippen LogP contribution in [0.4, 0.5) is 0 Å². The molecule has 2 unspecified atom stereocenters. The average Bonchev–Trinajstić information content (AvgIpc) is 3.40. The lowest BCUT2D eigenvalue weighted by Gasteiger charge is -2.28. The Balaban J connectivity index is 1.54. The molecule has 0 bridgehead atoms. The molecular formula is C16H16ClN4O. The van der Waals surface area contributed by atoms with Gasteiger partial charge in [-0.15, -0.1) is 0 Å². The minimum Gasteiger partial charge on any atom is -0.374 e. The molecular weight excluding hydrogens is 300 g/mol.